The molecule has 0 aromatic heterocycles. The van der Waals surface area contributed by atoms with Gasteiger partial charge in [0, 0.05) is 26.2 Å². The third kappa shape index (κ3) is 6.22. The van der Waals surface area contributed by atoms with E-state index in [1.807, 2.05) is 7.05 Å². The van der Waals surface area contributed by atoms with Gasteiger partial charge in [0.2, 0.25) is 0 Å². The number of benzene rings is 1. The summed E-state index contributed by atoms with van der Waals surface area (Å²) in [4.78, 5) is 6.85. The molecule has 23 heavy (non-hydrogen) atoms. The molecule has 1 fully saturated rings. The largest absolute Gasteiger partial charge is 0.356 e. The number of likely N-dealkylation sites (tertiary alicyclic amines) is 1. The van der Waals surface area contributed by atoms with Gasteiger partial charge in [0.15, 0.2) is 5.96 Å². The van der Waals surface area contributed by atoms with Gasteiger partial charge >= 0.3 is 0 Å². The minimum absolute atomic E-state index is 0.414. The van der Waals surface area contributed by atoms with Crippen molar-refractivity contribution in [3.63, 3.8) is 0 Å². The van der Waals surface area contributed by atoms with Gasteiger partial charge in [-0.15, -0.1) is 0 Å². The summed E-state index contributed by atoms with van der Waals surface area (Å²) in [6, 6.07) is 9.34. The average molecular weight is 316 g/mol. The van der Waals surface area contributed by atoms with Crippen LogP contribution in [-0.2, 0) is 6.54 Å². The molecule has 0 radical (unpaired) electrons. The standard InChI is InChI=1S/C19H32N4/c1-15(2)22-19(20-4)21-13-17-9-11-23(12-10-17)14-18-7-5-16(3)6-8-18/h5-8,15,17H,9-14H2,1-4H3,(H2,20,21,22). The summed E-state index contributed by atoms with van der Waals surface area (Å²) in [6.45, 7) is 10.9. The Balaban J connectivity index is 1.70. The first kappa shape index (κ1) is 17.8. The van der Waals surface area contributed by atoms with Crippen LogP contribution in [0.4, 0.5) is 0 Å². The molecule has 1 aliphatic rings. The van der Waals surface area contributed by atoms with Crippen molar-refractivity contribution in [1.29, 1.82) is 0 Å². The molecule has 0 aliphatic carbocycles. The highest BCUT2D eigenvalue weighted by Crippen LogP contribution is 2.18. The summed E-state index contributed by atoms with van der Waals surface area (Å²) >= 11 is 0. The lowest BCUT2D eigenvalue weighted by Crippen LogP contribution is -2.44. The smallest absolute Gasteiger partial charge is 0.191 e. The first-order chi connectivity index (χ1) is 11.1. The Morgan fingerprint density at radius 3 is 2.43 bits per heavy atom. The highest BCUT2D eigenvalue weighted by molar-refractivity contribution is 5.79. The molecule has 0 atom stereocenters. The molecule has 0 amide bonds. The molecule has 1 aliphatic heterocycles. The van der Waals surface area contributed by atoms with Crippen molar-refractivity contribution in [3.05, 3.63) is 35.4 Å². The van der Waals surface area contributed by atoms with Gasteiger partial charge in [-0.05, 0) is 58.2 Å². The number of nitrogens with one attached hydrogen (secondary N) is 2. The predicted molar refractivity (Wildman–Crippen MR) is 98.8 cm³/mol. The van der Waals surface area contributed by atoms with Gasteiger partial charge in [-0.25, -0.2) is 0 Å². The topological polar surface area (TPSA) is 39.7 Å². The maximum absolute atomic E-state index is 4.27. The zero-order chi connectivity index (χ0) is 16.7. The molecular formula is C19H32N4. The number of hydrogen-bond donors (Lipinski definition) is 2. The molecule has 1 heterocycles. The molecule has 4 nitrogen and oxygen atoms in total. The second kappa shape index (κ2) is 8.92. The molecule has 0 saturated carbocycles. The lowest BCUT2D eigenvalue weighted by atomic mass is 9.96. The Hall–Kier alpha value is -1.55. The summed E-state index contributed by atoms with van der Waals surface area (Å²) in [7, 11) is 1.84. The van der Waals surface area contributed by atoms with Crippen LogP contribution in [0.1, 0.15) is 37.8 Å². The van der Waals surface area contributed by atoms with E-state index in [0.29, 0.717) is 6.04 Å². The maximum atomic E-state index is 4.27. The summed E-state index contributed by atoms with van der Waals surface area (Å²) in [5, 5.41) is 6.81. The molecule has 0 bridgehead atoms. The van der Waals surface area contributed by atoms with Crippen LogP contribution in [0.3, 0.4) is 0 Å². The quantitative estimate of drug-likeness (QED) is 0.648. The van der Waals surface area contributed by atoms with Crippen LogP contribution in [0.15, 0.2) is 29.3 Å². The summed E-state index contributed by atoms with van der Waals surface area (Å²) < 4.78 is 0. The fraction of sp³-hybridized carbons (Fsp3) is 0.632. The Kier molecular flexibility index (Phi) is 6.90. The van der Waals surface area contributed by atoms with Crippen LogP contribution in [-0.4, -0.2) is 43.6 Å². The summed E-state index contributed by atoms with van der Waals surface area (Å²) in [6.07, 6.45) is 2.52. The fourth-order valence-corrected chi connectivity index (χ4v) is 3.01. The van der Waals surface area contributed by atoms with Gasteiger partial charge in [0.25, 0.3) is 0 Å². The maximum Gasteiger partial charge on any atom is 0.191 e. The number of hydrogen-bond acceptors (Lipinski definition) is 2. The third-order valence-corrected chi connectivity index (χ3v) is 4.44. The van der Waals surface area contributed by atoms with E-state index in [2.05, 4.69) is 65.6 Å². The van der Waals surface area contributed by atoms with E-state index in [4.69, 9.17) is 0 Å². The first-order valence-corrected chi connectivity index (χ1v) is 8.82. The van der Waals surface area contributed by atoms with Gasteiger partial charge in [0.05, 0.1) is 0 Å². The van der Waals surface area contributed by atoms with E-state index < -0.39 is 0 Å². The third-order valence-electron chi connectivity index (χ3n) is 4.44. The molecule has 0 unspecified atom stereocenters. The Labute approximate surface area is 141 Å². The SMILES string of the molecule is CN=C(NCC1CCN(Cc2ccc(C)cc2)CC1)NC(C)C. The van der Waals surface area contributed by atoms with Crippen molar-refractivity contribution in [1.82, 2.24) is 15.5 Å². The van der Waals surface area contributed by atoms with Gasteiger partial charge in [-0.2, -0.15) is 0 Å². The molecule has 2 rings (SSSR count). The summed E-state index contributed by atoms with van der Waals surface area (Å²) in [5.74, 6) is 1.66. The van der Waals surface area contributed by atoms with E-state index in [0.717, 1.165) is 25.0 Å². The van der Waals surface area contributed by atoms with Gasteiger partial charge in [-0.1, -0.05) is 29.8 Å². The highest BCUT2D eigenvalue weighted by Gasteiger charge is 2.19. The second-order valence-electron chi connectivity index (χ2n) is 6.96. The normalized spacial score (nSPS) is 17.5. The molecule has 1 saturated heterocycles. The van der Waals surface area contributed by atoms with Crippen molar-refractivity contribution in [2.75, 3.05) is 26.7 Å². The van der Waals surface area contributed by atoms with Crippen LogP contribution in [0.5, 0.6) is 0 Å². The minimum atomic E-state index is 0.414. The molecule has 0 spiro atoms. The number of piperidine rings is 1. The Bertz CT molecular complexity index is 485. The number of rotatable bonds is 5. The van der Waals surface area contributed by atoms with Crippen molar-refractivity contribution in [2.45, 2.75) is 46.2 Å². The molecular weight excluding hydrogens is 284 g/mol. The van der Waals surface area contributed by atoms with Crippen LogP contribution in [0.25, 0.3) is 0 Å². The van der Waals surface area contributed by atoms with E-state index in [9.17, 15) is 0 Å². The Morgan fingerprint density at radius 2 is 1.87 bits per heavy atom. The van der Waals surface area contributed by atoms with E-state index in [1.165, 1.54) is 37.1 Å². The van der Waals surface area contributed by atoms with Crippen LogP contribution < -0.4 is 10.6 Å². The monoisotopic (exact) mass is 316 g/mol. The molecule has 1 aromatic carbocycles. The van der Waals surface area contributed by atoms with Crippen molar-refractivity contribution < 1.29 is 0 Å². The predicted octanol–water partition coefficient (Wildman–Crippen LogP) is 2.78. The fourth-order valence-electron chi connectivity index (χ4n) is 3.01. The van der Waals surface area contributed by atoms with E-state index >= 15 is 0 Å². The minimum Gasteiger partial charge on any atom is -0.356 e. The number of aliphatic imine (C=N–C) groups is 1. The second-order valence-corrected chi connectivity index (χ2v) is 6.96. The zero-order valence-corrected chi connectivity index (χ0v) is 15.1. The van der Waals surface area contributed by atoms with Crippen molar-refractivity contribution in [3.8, 4) is 0 Å². The molecule has 2 N–H and O–H groups in total. The lowest BCUT2D eigenvalue weighted by molar-refractivity contribution is 0.178. The molecule has 4 heteroatoms. The molecule has 128 valence electrons. The number of guanidine groups is 1. The van der Waals surface area contributed by atoms with Gasteiger partial charge in [-0.3, -0.25) is 9.89 Å². The van der Waals surface area contributed by atoms with Crippen LogP contribution in [0.2, 0.25) is 0 Å². The van der Waals surface area contributed by atoms with Gasteiger partial charge in [0.1, 0.15) is 0 Å². The summed E-state index contributed by atoms with van der Waals surface area (Å²) in [5.41, 5.74) is 2.76. The van der Waals surface area contributed by atoms with Crippen LogP contribution in [0, 0.1) is 12.8 Å². The number of aryl methyl sites for hydroxylation is 1. The first-order valence-electron chi connectivity index (χ1n) is 8.82. The van der Waals surface area contributed by atoms with E-state index in [-0.39, 0.29) is 0 Å². The van der Waals surface area contributed by atoms with Crippen LogP contribution >= 0.6 is 0 Å². The van der Waals surface area contributed by atoms with Gasteiger partial charge < -0.3 is 10.6 Å². The molecule has 1 aromatic rings. The van der Waals surface area contributed by atoms with Crippen molar-refractivity contribution >= 4 is 5.96 Å². The average Bonchev–Trinajstić information content (AvgIpc) is 2.54. The number of nitrogens with zero attached hydrogens (tertiary/aromatic N) is 2. The zero-order valence-electron chi connectivity index (χ0n) is 15.1. The van der Waals surface area contributed by atoms with E-state index in [1.54, 1.807) is 0 Å². The van der Waals surface area contributed by atoms with Crippen molar-refractivity contribution in [2.24, 2.45) is 10.9 Å². The Morgan fingerprint density at radius 1 is 1.22 bits per heavy atom. The highest BCUT2D eigenvalue weighted by atomic mass is 15.2. The lowest BCUT2D eigenvalue weighted by Gasteiger charge is -2.32.